The van der Waals surface area contributed by atoms with Crippen LogP contribution in [0, 0.1) is 0 Å². The number of benzene rings is 1. The van der Waals surface area contributed by atoms with E-state index < -0.39 is 17.9 Å². The first-order valence-corrected chi connectivity index (χ1v) is 8.34. The fourth-order valence-corrected chi connectivity index (χ4v) is 3.00. The fraction of sp³-hybridized carbons (Fsp3) is 0.263. The monoisotopic (exact) mass is 386 g/mol. The highest BCUT2D eigenvalue weighted by molar-refractivity contribution is 6.16. The molecule has 0 unspecified atom stereocenters. The largest absolute Gasteiger partial charge is 0.465 e. The van der Waals surface area contributed by atoms with Crippen molar-refractivity contribution in [2.24, 2.45) is 0 Å². The van der Waals surface area contributed by atoms with E-state index in [1.165, 1.54) is 32.1 Å². The van der Waals surface area contributed by atoms with Gasteiger partial charge >= 0.3 is 17.9 Å². The van der Waals surface area contributed by atoms with Crippen LogP contribution in [-0.2, 0) is 14.2 Å². The van der Waals surface area contributed by atoms with E-state index in [0.717, 1.165) is 0 Å². The quantitative estimate of drug-likeness (QED) is 0.484. The highest BCUT2D eigenvalue weighted by atomic mass is 16.6. The molecular formula is C19H18N2O7. The lowest BCUT2D eigenvalue weighted by Gasteiger charge is -2.12. The Bertz CT molecular complexity index is 1100. The molecule has 0 amide bonds. The maximum atomic E-state index is 12.4. The highest BCUT2D eigenvalue weighted by Gasteiger charge is 2.24. The van der Waals surface area contributed by atoms with E-state index in [0.29, 0.717) is 21.8 Å². The van der Waals surface area contributed by atoms with Gasteiger partial charge < -0.3 is 19.0 Å². The lowest BCUT2D eigenvalue weighted by Crippen LogP contribution is -2.17. The third-order valence-electron chi connectivity index (χ3n) is 4.16. The second kappa shape index (κ2) is 7.55. The molecule has 146 valence electrons. The van der Waals surface area contributed by atoms with Crippen LogP contribution >= 0.6 is 0 Å². The van der Waals surface area contributed by atoms with Crippen molar-refractivity contribution in [3.8, 4) is 0 Å². The van der Waals surface area contributed by atoms with Gasteiger partial charge in [-0.1, -0.05) is 6.07 Å². The first kappa shape index (κ1) is 19.2. The van der Waals surface area contributed by atoms with Crippen molar-refractivity contribution >= 4 is 39.7 Å². The molecule has 3 rings (SSSR count). The number of ether oxygens (including phenoxy) is 3. The fourth-order valence-electron chi connectivity index (χ4n) is 3.00. The molecule has 9 nitrogen and oxygen atoms in total. The molecule has 0 aliphatic rings. The summed E-state index contributed by atoms with van der Waals surface area (Å²) in [6, 6.07) is 6.21. The van der Waals surface area contributed by atoms with Crippen LogP contribution in [0.1, 0.15) is 38.3 Å². The van der Waals surface area contributed by atoms with Gasteiger partial charge in [-0.2, -0.15) is 4.73 Å². The van der Waals surface area contributed by atoms with Gasteiger partial charge in [-0.05, 0) is 25.1 Å². The van der Waals surface area contributed by atoms with Crippen LogP contribution in [0.4, 0.5) is 0 Å². The summed E-state index contributed by atoms with van der Waals surface area (Å²) in [4.78, 5) is 46.3. The summed E-state index contributed by atoms with van der Waals surface area (Å²) in [6.07, 6.45) is 0. The molecule has 28 heavy (non-hydrogen) atoms. The molecule has 3 aromatic rings. The summed E-state index contributed by atoms with van der Waals surface area (Å²) in [5.41, 5.74) is 0.955. The molecule has 0 aliphatic heterocycles. The normalized spacial score (nSPS) is 10.7. The van der Waals surface area contributed by atoms with Crippen molar-refractivity contribution in [1.29, 1.82) is 0 Å². The predicted octanol–water partition coefficient (Wildman–Crippen LogP) is 2.00. The van der Waals surface area contributed by atoms with Crippen molar-refractivity contribution in [2.45, 2.75) is 6.92 Å². The van der Waals surface area contributed by atoms with Crippen molar-refractivity contribution in [3.63, 3.8) is 0 Å². The van der Waals surface area contributed by atoms with Crippen LogP contribution in [0.5, 0.6) is 0 Å². The van der Waals surface area contributed by atoms with Crippen LogP contribution in [0.15, 0.2) is 24.3 Å². The van der Waals surface area contributed by atoms with Crippen LogP contribution in [0.3, 0.4) is 0 Å². The van der Waals surface area contributed by atoms with Crippen molar-refractivity contribution < 1.29 is 33.4 Å². The van der Waals surface area contributed by atoms with Crippen LogP contribution < -0.4 is 4.84 Å². The molecule has 0 fully saturated rings. The van der Waals surface area contributed by atoms with Gasteiger partial charge in [0.15, 0.2) is 5.69 Å². The van der Waals surface area contributed by atoms with Crippen LogP contribution in [0.2, 0.25) is 0 Å². The van der Waals surface area contributed by atoms with Crippen molar-refractivity contribution in [3.05, 3.63) is 41.2 Å². The van der Waals surface area contributed by atoms with E-state index in [4.69, 9.17) is 19.0 Å². The average Bonchev–Trinajstić information content (AvgIpc) is 3.10. The van der Waals surface area contributed by atoms with Crippen molar-refractivity contribution in [2.75, 3.05) is 27.9 Å². The number of hydrogen-bond acceptors (Lipinski definition) is 8. The van der Waals surface area contributed by atoms with E-state index >= 15 is 0 Å². The van der Waals surface area contributed by atoms with E-state index in [-0.39, 0.29) is 23.6 Å². The Kier molecular flexibility index (Phi) is 5.16. The Labute approximate surface area is 159 Å². The molecule has 2 aromatic heterocycles. The second-order valence-corrected chi connectivity index (χ2v) is 5.66. The molecule has 1 aromatic carbocycles. The zero-order chi connectivity index (χ0) is 20.4. The molecule has 0 spiro atoms. The minimum atomic E-state index is -0.693. The van der Waals surface area contributed by atoms with Gasteiger partial charge in [0.25, 0.3) is 0 Å². The predicted molar refractivity (Wildman–Crippen MR) is 98.4 cm³/mol. The summed E-state index contributed by atoms with van der Waals surface area (Å²) in [6.45, 7) is 1.89. The number of aromatic nitrogens is 2. The number of methoxy groups -OCH3 is 2. The summed E-state index contributed by atoms with van der Waals surface area (Å²) in [7, 11) is 3.83. The van der Waals surface area contributed by atoms with E-state index in [1.54, 1.807) is 25.1 Å². The third kappa shape index (κ3) is 3.00. The minimum Gasteiger partial charge on any atom is -0.465 e. The molecule has 0 radical (unpaired) electrons. The standard InChI is InChI=1S/C19H18N2O7/c1-5-28-19(24)14-8-10-6-7-12-15(16(10)21(14)27-4)11(17(22)25-2)9-13(20-12)18(23)26-3/h6-9H,5H2,1-4H3. The minimum absolute atomic E-state index is 0.0455. The van der Waals surface area contributed by atoms with E-state index in [9.17, 15) is 14.4 Å². The first-order chi connectivity index (χ1) is 13.5. The van der Waals surface area contributed by atoms with Gasteiger partial charge in [0, 0.05) is 10.8 Å². The van der Waals surface area contributed by atoms with Crippen LogP contribution in [-0.4, -0.2) is 55.6 Å². The van der Waals surface area contributed by atoms with Gasteiger partial charge in [0.05, 0.1) is 37.4 Å². The van der Waals surface area contributed by atoms with Crippen molar-refractivity contribution in [1.82, 2.24) is 9.71 Å². The molecule has 0 bridgehead atoms. The lowest BCUT2D eigenvalue weighted by atomic mass is 10.0. The molecule has 9 heteroatoms. The molecule has 0 atom stereocenters. The summed E-state index contributed by atoms with van der Waals surface area (Å²) >= 11 is 0. The van der Waals surface area contributed by atoms with Gasteiger partial charge in [0.2, 0.25) is 0 Å². The summed E-state index contributed by atoms with van der Waals surface area (Å²) in [5.74, 6) is -1.94. The second-order valence-electron chi connectivity index (χ2n) is 5.66. The number of nitrogens with zero attached hydrogens (tertiary/aromatic N) is 2. The zero-order valence-electron chi connectivity index (χ0n) is 15.8. The lowest BCUT2D eigenvalue weighted by molar-refractivity contribution is 0.0476. The number of fused-ring (bicyclic) bond motifs is 3. The topological polar surface area (TPSA) is 106 Å². The smallest absolute Gasteiger partial charge is 0.358 e. The van der Waals surface area contributed by atoms with Gasteiger partial charge in [-0.3, -0.25) is 0 Å². The maximum Gasteiger partial charge on any atom is 0.358 e. The molecular weight excluding hydrogens is 368 g/mol. The first-order valence-electron chi connectivity index (χ1n) is 8.34. The average molecular weight is 386 g/mol. The Morgan fingerprint density at radius 2 is 1.71 bits per heavy atom. The van der Waals surface area contributed by atoms with Gasteiger partial charge in [-0.25, -0.2) is 19.4 Å². The zero-order valence-corrected chi connectivity index (χ0v) is 15.8. The maximum absolute atomic E-state index is 12.4. The SMILES string of the molecule is CCOC(=O)c1cc2ccc3nc(C(=O)OC)cc(C(=O)OC)c3c2n1OC. The number of carbonyl (C=O) groups excluding carboxylic acids is 3. The Balaban J connectivity index is 2.44. The number of esters is 3. The third-order valence-corrected chi connectivity index (χ3v) is 4.16. The van der Waals surface area contributed by atoms with Gasteiger partial charge in [0.1, 0.15) is 12.8 Å². The molecule has 0 saturated heterocycles. The molecule has 0 aliphatic carbocycles. The Morgan fingerprint density at radius 1 is 1.00 bits per heavy atom. The van der Waals surface area contributed by atoms with E-state index in [1.807, 2.05) is 0 Å². The summed E-state index contributed by atoms with van der Waals surface area (Å²) in [5, 5.41) is 0.990. The summed E-state index contributed by atoms with van der Waals surface area (Å²) < 4.78 is 15.9. The molecule has 2 heterocycles. The van der Waals surface area contributed by atoms with E-state index in [2.05, 4.69) is 4.98 Å². The molecule has 0 N–H and O–H groups in total. The Hall–Kier alpha value is -3.62. The van der Waals surface area contributed by atoms with Crippen LogP contribution in [0.25, 0.3) is 21.8 Å². The number of carbonyl (C=O) groups is 3. The van der Waals surface area contributed by atoms with Gasteiger partial charge in [-0.15, -0.1) is 0 Å². The number of hydrogen-bond donors (Lipinski definition) is 0. The Morgan fingerprint density at radius 3 is 2.32 bits per heavy atom. The highest BCUT2D eigenvalue weighted by Crippen LogP contribution is 2.31. The molecule has 0 saturated carbocycles. The number of pyridine rings is 1. The number of rotatable bonds is 5.